The molecule has 0 saturated heterocycles. The first-order chi connectivity index (χ1) is 10.8. The third-order valence-corrected chi connectivity index (χ3v) is 4.11. The first-order valence-electron chi connectivity index (χ1n) is 7.51. The third kappa shape index (κ3) is 2.40. The SMILES string of the molecule is COc1cccc2c1[N+]([O-])=C(c1ccc(C(C)(C)C)cc1)C2=O. The zero-order valence-electron chi connectivity index (χ0n) is 13.7. The summed E-state index contributed by atoms with van der Waals surface area (Å²) in [5.74, 6) is 0.143. The molecule has 0 radical (unpaired) electrons. The van der Waals surface area contributed by atoms with Crippen LogP contribution in [0, 0.1) is 5.21 Å². The molecule has 1 aliphatic heterocycles. The Bertz CT molecular complexity index is 811. The van der Waals surface area contributed by atoms with Gasteiger partial charge in [0, 0.05) is 0 Å². The number of ether oxygens (including phenoxy) is 1. The molecular weight excluding hydrogens is 290 g/mol. The maximum absolute atomic E-state index is 12.6. The molecule has 2 aromatic carbocycles. The molecule has 1 heterocycles. The fourth-order valence-corrected chi connectivity index (χ4v) is 2.79. The standard InChI is InChI=1S/C19H19NO3/c1-19(2,3)13-10-8-12(9-11-13)16-18(21)14-6-5-7-15(23-4)17(14)20(16)22/h5-11H,1-4H3. The number of para-hydroxylation sites is 1. The minimum atomic E-state index is -0.266. The van der Waals surface area contributed by atoms with Crippen LogP contribution in [0.5, 0.6) is 5.75 Å². The average Bonchev–Trinajstić information content (AvgIpc) is 2.78. The van der Waals surface area contributed by atoms with Crippen molar-refractivity contribution in [2.24, 2.45) is 0 Å². The smallest absolute Gasteiger partial charge is 0.273 e. The van der Waals surface area contributed by atoms with Crippen LogP contribution in [0.25, 0.3) is 0 Å². The lowest BCUT2D eigenvalue weighted by atomic mass is 9.86. The summed E-state index contributed by atoms with van der Waals surface area (Å²) in [6.07, 6.45) is 0. The van der Waals surface area contributed by atoms with Gasteiger partial charge < -0.3 is 9.94 Å². The van der Waals surface area contributed by atoms with Gasteiger partial charge in [-0.1, -0.05) is 39.0 Å². The van der Waals surface area contributed by atoms with E-state index in [1.165, 1.54) is 7.11 Å². The van der Waals surface area contributed by atoms with Gasteiger partial charge in [-0.05, 0) is 35.2 Å². The van der Waals surface area contributed by atoms with Crippen LogP contribution in [0.15, 0.2) is 42.5 Å². The molecular formula is C19H19NO3. The Kier molecular flexibility index (Phi) is 3.48. The number of Topliss-reactive ketones (excluding diaryl/α,β-unsaturated/α-hetero) is 1. The molecule has 2 aromatic rings. The van der Waals surface area contributed by atoms with Gasteiger partial charge in [-0.25, -0.2) is 0 Å². The molecule has 0 spiro atoms. The highest BCUT2D eigenvalue weighted by molar-refractivity contribution is 6.52. The summed E-state index contributed by atoms with van der Waals surface area (Å²) in [5, 5.41) is 12.6. The van der Waals surface area contributed by atoms with Crippen molar-refractivity contribution < 1.29 is 14.3 Å². The Morgan fingerprint density at radius 1 is 1.04 bits per heavy atom. The molecule has 0 amide bonds. The monoisotopic (exact) mass is 309 g/mol. The zero-order valence-corrected chi connectivity index (χ0v) is 13.7. The molecule has 0 aliphatic carbocycles. The number of ketones is 1. The normalized spacial score (nSPS) is 14.2. The summed E-state index contributed by atoms with van der Waals surface area (Å²) >= 11 is 0. The minimum Gasteiger partial charge on any atom is -0.618 e. The van der Waals surface area contributed by atoms with E-state index in [0.717, 1.165) is 5.56 Å². The van der Waals surface area contributed by atoms with Crippen LogP contribution < -0.4 is 4.74 Å². The second kappa shape index (κ2) is 5.23. The van der Waals surface area contributed by atoms with E-state index in [4.69, 9.17) is 4.74 Å². The molecule has 0 atom stereocenters. The molecule has 0 saturated carbocycles. The number of fused-ring (bicyclic) bond motifs is 1. The Labute approximate surface area is 135 Å². The van der Waals surface area contributed by atoms with Crippen LogP contribution >= 0.6 is 0 Å². The van der Waals surface area contributed by atoms with E-state index >= 15 is 0 Å². The van der Waals surface area contributed by atoms with Crippen molar-refractivity contribution in [1.29, 1.82) is 0 Å². The quantitative estimate of drug-likeness (QED) is 0.626. The van der Waals surface area contributed by atoms with Crippen molar-refractivity contribution in [2.45, 2.75) is 26.2 Å². The van der Waals surface area contributed by atoms with Crippen molar-refractivity contribution in [3.63, 3.8) is 0 Å². The van der Waals surface area contributed by atoms with Crippen molar-refractivity contribution >= 4 is 17.2 Å². The van der Waals surface area contributed by atoms with E-state index in [1.54, 1.807) is 18.2 Å². The molecule has 0 unspecified atom stereocenters. The summed E-state index contributed by atoms with van der Waals surface area (Å²) < 4.78 is 5.90. The van der Waals surface area contributed by atoms with Crippen LogP contribution in [0.3, 0.4) is 0 Å². The Morgan fingerprint density at radius 2 is 1.70 bits per heavy atom. The van der Waals surface area contributed by atoms with Crippen LogP contribution in [-0.4, -0.2) is 23.3 Å². The second-order valence-electron chi connectivity index (χ2n) is 6.66. The molecule has 3 rings (SSSR count). The summed E-state index contributed by atoms with van der Waals surface area (Å²) in [6, 6.07) is 12.6. The van der Waals surface area contributed by atoms with Gasteiger partial charge in [-0.15, -0.1) is 0 Å². The van der Waals surface area contributed by atoms with E-state index in [9.17, 15) is 10.0 Å². The number of rotatable bonds is 2. The highest BCUT2D eigenvalue weighted by atomic mass is 16.5. The molecule has 0 bridgehead atoms. The maximum Gasteiger partial charge on any atom is 0.273 e. The maximum atomic E-state index is 12.6. The average molecular weight is 309 g/mol. The van der Waals surface area contributed by atoms with E-state index < -0.39 is 0 Å². The van der Waals surface area contributed by atoms with Gasteiger partial charge in [0.15, 0.2) is 5.75 Å². The van der Waals surface area contributed by atoms with Crippen molar-refractivity contribution in [3.05, 3.63) is 64.4 Å². The third-order valence-electron chi connectivity index (χ3n) is 4.11. The number of carbonyl (C=O) groups is 1. The molecule has 4 heteroatoms. The molecule has 23 heavy (non-hydrogen) atoms. The number of carbonyl (C=O) groups excluding carboxylic acids is 1. The lowest BCUT2D eigenvalue weighted by Gasteiger charge is -2.18. The van der Waals surface area contributed by atoms with Gasteiger partial charge in [0.05, 0.1) is 12.7 Å². The van der Waals surface area contributed by atoms with E-state index in [2.05, 4.69) is 20.8 Å². The summed E-state index contributed by atoms with van der Waals surface area (Å²) in [7, 11) is 1.49. The molecule has 0 N–H and O–H groups in total. The van der Waals surface area contributed by atoms with Gasteiger partial charge in [-0.2, -0.15) is 4.74 Å². The molecule has 0 fully saturated rings. The summed E-state index contributed by atoms with van der Waals surface area (Å²) in [4.78, 5) is 12.6. The van der Waals surface area contributed by atoms with Gasteiger partial charge in [0.25, 0.3) is 17.2 Å². The first-order valence-corrected chi connectivity index (χ1v) is 7.51. The number of nitrogens with zero attached hydrogens (tertiary/aromatic N) is 1. The largest absolute Gasteiger partial charge is 0.618 e. The number of methoxy groups -OCH3 is 1. The van der Waals surface area contributed by atoms with Crippen LogP contribution in [0.4, 0.5) is 5.69 Å². The van der Waals surface area contributed by atoms with Crippen LogP contribution in [0.2, 0.25) is 0 Å². The minimum absolute atomic E-state index is 0.0201. The van der Waals surface area contributed by atoms with Gasteiger partial charge in [-0.3, -0.25) is 4.79 Å². The summed E-state index contributed by atoms with van der Waals surface area (Å²) in [6.45, 7) is 6.36. The Hall–Kier alpha value is -2.62. The van der Waals surface area contributed by atoms with Crippen molar-refractivity contribution in [2.75, 3.05) is 7.11 Å². The number of hydrogen-bond acceptors (Lipinski definition) is 3. The van der Waals surface area contributed by atoms with E-state index in [-0.39, 0.29) is 22.6 Å². The topological polar surface area (TPSA) is 52.4 Å². The van der Waals surface area contributed by atoms with Gasteiger partial charge in [0.2, 0.25) is 0 Å². The van der Waals surface area contributed by atoms with Crippen molar-refractivity contribution in [1.82, 2.24) is 0 Å². The molecule has 118 valence electrons. The fourth-order valence-electron chi connectivity index (χ4n) is 2.79. The van der Waals surface area contributed by atoms with Crippen LogP contribution in [-0.2, 0) is 5.41 Å². The van der Waals surface area contributed by atoms with Crippen molar-refractivity contribution in [3.8, 4) is 5.75 Å². The zero-order chi connectivity index (χ0) is 16.8. The lowest BCUT2D eigenvalue weighted by Crippen LogP contribution is -2.17. The summed E-state index contributed by atoms with van der Waals surface area (Å²) in [5.41, 5.74) is 2.61. The Balaban J connectivity index is 2.11. The molecule has 1 aliphatic rings. The molecule has 0 aromatic heterocycles. The predicted molar refractivity (Wildman–Crippen MR) is 89.9 cm³/mol. The number of hydrogen-bond donors (Lipinski definition) is 0. The van der Waals surface area contributed by atoms with Gasteiger partial charge in [0.1, 0.15) is 5.56 Å². The highest BCUT2D eigenvalue weighted by Crippen LogP contribution is 2.36. The number of benzene rings is 2. The van der Waals surface area contributed by atoms with Crippen LogP contribution in [0.1, 0.15) is 42.3 Å². The lowest BCUT2D eigenvalue weighted by molar-refractivity contribution is -0.356. The molecule has 4 nitrogen and oxygen atoms in total. The predicted octanol–water partition coefficient (Wildman–Crippen LogP) is 3.82. The van der Waals surface area contributed by atoms with E-state index in [1.807, 2.05) is 24.3 Å². The fraction of sp³-hybridized carbons (Fsp3) is 0.263. The van der Waals surface area contributed by atoms with Gasteiger partial charge >= 0.3 is 0 Å². The second-order valence-corrected chi connectivity index (χ2v) is 6.66. The Morgan fingerprint density at radius 3 is 2.26 bits per heavy atom. The highest BCUT2D eigenvalue weighted by Gasteiger charge is 2.39. The first kappa shape index (κ1) is 15.3. The van der Waals surface area contributed by atoms with E-state index in [0.29, 0.717) is 21.6 Å².